The van der Waals surface area contributed by atoms with E-state index >= 15 is 0 Å². The zero-order chi connectivity index (χ0) is 11.8. The van der Waals surface area contributed by atoms with Gasteiger partial charge in [-0.15, -0.1) is 0 Å². The number of carbonyl (C=O) groups excluding carboxylic acids is 1. The third-order valence-electron chi connectivity index (χ3n) is 2.60. The molecule has 0 heterocycles. The molecule has 0 aliphatic carbocycles. The van der Waals surface area contributed by atoms with Crippen LogP contribution in [-0.4, -0.2) is 6.29 Å². The van der Waals surface area contributed by atoms with Crippen LogP contribution in [0.5, 0.6) is 0 Å². The number of aldehydes is 1. The zero-order valence-electron chi connectivity index (χ0n) is 10.7. The minimum absolute atomic E-state index is 0.625. The second-order valence-electron chi connectivity index (χ2n) is 4.70. The maximum atomic E-state index is 10.2. The quantitative estimate of drug-likeness (QED) is 0.364. The molecule has 1 nitrogen and oxygen atoms in total. The molecule has 1 heteroatoms. The average molecular weight is 208 g/mol. The summed E-state index contributed by atoms with van der Waals surface area (Å²) in [4.78, 5) is 10.2. The summed E-state index contributed by atoms with van der Waals surface area (Å²) in [5.74, 6) is 1.25. The Morgan fingerprint density at radius 1 is 1.13 bits per heavy atom. The van der Waals surface area contributed by atoms with E-state index in [1.54, 1.807) is 6.08 Å². The lowest BCUT2D eigenvalue weighted by molar-refractivity contribution is -0.104. The van der Waals surface area contributed by atoms with Gasteiger partial charge in [0.1, 0.15) is 6.29 Å². The van der Waals surface area contributed by atoms with Crippen LogP contribution in [-0.2, 0) is 4.79 Å². The smallest absolute Gasteiger partial charge is 0.142 e. The van der Waals surface area contributed by atoms with Crippen molar-refractivity contribution >= 4 is 6.29 Å². The van der Waals surface area contributed by atoms with Gasteiger partial charge in [-0.05, 0) is 37.7 Å². The Labute approximate surface area is 94.3 Å². The van der Waals surface area contributed by atoms with E-state index in [2.05, 4.69) is 33.8 Å². The fraction of sp³-hybridized carbons (Fsp3) is 0.643. The van der Waals surface area contributed by atoms with Crippen molar-refractivity contribution < 1.29 is 4.79 Å². The van der Waals surface area contributed by atoms with Crippen LogP contribution < -0.4 is 0 Å². The lowest BCUT2D eigenvalue weighted by Crippen LogP contribution is -2.01. The molecule has 86 valence electrons. The van der Waals surface area contributed by atoms with Gasteiger partial charge in [0.15, 0.2) is 0 Å². The van der Waals surface area contributed by atoms with E-state index in [-0.39, 0.29) is 0 Å². The van der Waals surface area contributed by atoms with Gasteiger partial charge in [0.25, 0.3) is 0 Å². The Morgan fingerprint density at radius 2 is 1.67 bits per heavy atom. The van der Waals surface area contributed by atoms with Crippen molar-refractivity contribution in [3.05, 3.63) is 23.3 Å². The minimum atomic E-state index is 0.625. The fourth-order valence-electron chi connectivity index (χ4n) is 1.80. The van der Waals surface area contributed by atoms with Gasteiger partial charge < -0.3 is 0 Å². The van der Waals surface area contributed by atoms with Crippen LogP contribution in [0, 0.1) is 11.8 Å². The summed E-state index contributed by atoms with van der Waals surface area (Å²) in [6.45, 7) is 11.0. The molecule has 0 amide bonds. The number of rotatable bonds is 6. The molecule has 0 radical (unpaired) electrons. The highest BCUT2D eigenvalue weighted by Crippen LogP contribution is 2.20. The molecule has 0 atom stereocenters. The molecule has 0 unspecified atom stereocenters. The third kappa shape index (κ3) is 6.27. The van der Waals surface area contributed by atoms with Crippen molar-refractivity contribution in [2.75, 3.05) is 0 Å². The van der Waals surface area contributed by atoms with Gasteiger partial charge in [0.05, 0.1) is 0 Å². The van der Waals surface area contributed by atoms with Gasteiger partial charge in [0, 0.05) is 0 Å². The van der Waals surface area contributed by atoms with E-state index in [1.807, 2.05) is 6.92 Å². The van der Waals surface area contributed by atoms with E-state index < -0.39 is 0 Å². The minimum Gasteiger partial charge on any atom is -0.299 e. The third-order valence-corrected chi connectivity index (χ3v) is 2.60. The molecule has 0 rings (SSSR count). The van der Waals surface area contributed by atoms with Gasteiger partial charge in [0.2, 0.25) is 0 Å². The monoisotopic (exact) mass is 208 g/mol. The molecule has 0 saturated heterocycles. The summed E-state index contributed by atoms with van der Waals surface area (Å²) >= 11 is 0. The molecule has 0 aromatic heterocycles. The summed E-state index contributed by atoms with van der Waals surface area (Å²) in [6, 6.07) is 0. The normalized spacial score (nSPS) is 12.1. The van der Waals surface area contributed by atoms with Crippen LogP contribution >= 0.6 is 0 Å². The van der Waals surface area contributed by atoms with Crippen LogP contribution in [0.15, 0.2) is 23.3 Å². The summed E-state index contributed by atoms with van der Waals surface area (Å²) in [5, 5.41) is 0. The molecule has 0 aliphatic heterocycles. The van der Waals surface area contributed by atoms with Gasteiger partial charge >= 0.3 is 0 Å². The highest BCUT2D eigenvalue weighted by Gasteiger charge is 2.06. The molecule has 0 fully saturated rings. The van der Waals surface area contributed by atoms with Crippen LogP contribution in [0.25, 0.3) is 0 Å². The summed E-state index contributed by atoms with van der Waals surface area (Å²) in [5.41, 5.74) is 2.68. The lowest BCUT2D eigenvalue weighted by Gasteiger charge is -2.15. The first kappa shape index (κ1) is 14.2. The average Bonchev–Trinajstić information content (AvgIpc) is 2.11. The van der Waals surface area contributed by atoms with E-state index in [9.17, 15) is 4.79 Å². The molecule has 15 heavy (non-hydrogen) atoms. The highest BCUT2D eigenvalue weighted by atomic mass is 16.1. The Balaban J connectivity index is 4.23. The Morgan fingerprint density at radius 3 is 2.07 bits per heavy atom. The molecule has 0 saturated carbocycles. The Bertz CT molecular complexity index is 234. The van der Waals surface area contributed by atoms with Gasteiger partial charge in [-0.1, -0.05) is 44.9 Å². The van der Waals surface area contributed by atoms with E-state index in [0.29, 0.717) is 11.8 Å². The van der Waals surface area contributed by atoms with E-state index in [0.717, 1.165) is 24.7 Å². The molecule has 0 spiro atoms. The predicted molar refractivity (Wildman–Crippen MR) is 66.8 cm³/mol. The molecular formula is C14H24O. The number of carbonyl (C=O) groups is 1. The zero-order valence-corrected chi connectivity index (χ0v) is 10.7. The second-order valence-corrected chi connectivity index (χ2v) is 4.70. The lowest BCUT2D eigenvalue weighted by atomic mass is 9.91. The van der Waals surface area contributed by atoms with Crippen molar-refractivity contribution in [3.8, 4) is 0 Å². The first-order valence-corrected chi connectivity index (χ1v) is 5.79. The molecule has 0 aromatic carbocycles. The summed E-state index contributed by atoms with van der Waals surface area (Å²) in [7, 11) is 0. The van der Waals surface area contributed by atoms with Gasteiger partial charge in [-0.2, -0.15) is 0 Å². The maximum Gasteiger partial charge on any atom is 0.142 e. The number of hydrogen-bond donors (Lipinski definition) is 0. The molecule has 0 bridgehead atoms. The topological polar surface area (TPSA) is 17.1 Å². The van der Waals surface area contributed by atoms with Gasteiger partial charge in [-0.25, -0.2) is 0 Å². The molecule has 0 aromatic rings. The Hall–Kier alpha value is -0.850. The predicted octanol–water partition coefficient (Wildman–Crippen LogP) is 4.15. The van der Waals surface area contributed by atoms with Crippen molar-refractivity contribution in [2.24, 2.45) is 11.8 Å². The van der Waals surface area contributed by atoms with Crippen molar-refractivity contribution in [1.29, 1.82) is 0 Å². The fourth-order valence-corrected chi connectivity index (χ4v) is 1.80. The number of hydrogen-bond acceptors (Lipinski definition) is 1. The largest absolute Gasteiger partial charge is 0.299 e. The molecule has 0 N–H and O–H groups in total. The molecular weight excluding hydrogens is 184 g/mol. The van der Waals surface area contributed by atoms with Crippen LogP contribution in [0.3, 0.4) is 0 Å². The number of allylic oxidation sites excluding steroid dienone is 4. The second kappa shape index (κ2) is 7.44. The Kier molecular flexibility index (Phi) is 7.02. The summed E-state index contributed by atoms with van der Waals surface area (Å²) in [6.07, 6.45) is 6.88. The van der Waals surface area contributed by atoms with Crippen molar-refractivity contribution in [3.63, 3.8) is 0 Å². The summed E-state index contributed by atoms with van der Waals surface area (Å²) < 4.78 is 0. The first-order chi connectivity index (χ1) is 6.99. The van der Waals surface area contributed by atoms with Crippen molar-refractivity contribution in [2.45, 2.75) is 47.5 Å². The maximum absolute atomic E-state index is 10.2. The SMILES string of the molecule is CC(=CC=O)CCC=C(C(C)C)C(C)C. The van der Waals surface area contributed by atoms with Crippen LogP contribution in [0.4, 0.5) is 0 Å². The first-order valence-electron chi connectivity index (χ1n) is 5.79. The standard InChI is InChI=1S/C14H24O/c1-11(2)14(12(3)4)8-6-7-13(5)9-10-15/h8-12H,6-7H2,1-5H3. The van der Waals surface area contributed by atoms with Gasteiger partial charge in [-0.3, -0.25) is 4.79 Å². The molecule has 0 aliphatic rings. The van der Waals surface area contributed by atoms with Crippen LogP contribution in [0.2, 0.25) is 0 Å². The van der Waals surface area contributed by atoms with E-state index in [4.69, 9.17) is 0 Å². The highest BCUT2D eigenvalue weighted by molar-refractivity contribution is 5.65. The van der Waals surface area contributed by atoms with E-state index in [1.165, 1.54) is 5.57 Å². The van der Waals surface area contributed by atoms with Crippen LogP contribution in [0.1, 0.15) is 47.5 Å². The van der Waals surface area contributed by atoms with Crippen molar-refractivity contribution in [1.82, 2.24) is 0 Å².